The minimum absolute atomic E-state index is 0.0794. The number of nitrogens with one attached hydrogen (secondary N) is 2. The van der Waals surface area contributed by atoms with E-state index in [1.807, 2.05) is 0 Å². The van der Waals surface area contributed by atoms with Crippen LogP contribution in [0.2, 0.25) is 0 Å². The monoisotopic (exact) mass is 322 g/mol. The highest BCUT2D eigenvalue weighted by atomic mass is 32.2. The van der Waals surface area contributed by atoms with Crippen LogP contribution in [0.5, 0.6) is 0 Å². The van der Waals surface area contributed by atoms with E-state index in [2.05, 4.69) is 10.0 Å². The van der Waals surface area contributed by atoms with Crippen LogP contribution >= 0.6 is 0 Å². The number of hydrogen-bond acceptors (Lipinski definition) is 3. The summed E-state index contributed by atoms with van der Waals surface area (Å²) in [4.78, 5) is 11.8. The number of hydrogen-bond donors (Lipinski definition) is 2. The molecule has 2 aromatic carbocycles. The van der Waals surface area contributed by atoms with Gasteiger partial charge in [-0.15, -0.1) is 0 Å². The van der Waals surface area contributed by atoms with Crippen LogP contribution in [0.3, 0.4) is 0 Å². The highest BCUT2D eigenvalue weighted by Crippen LogP contribution is 2.19. The van der Waals surface area contributed by atoms with E-state index in [0.717, 1.165) is 6.07 Å². The zero-order valence-electron chi connectivity index (χ0n) is 11.8. The Morgan fingerprint density at radius 3 is 2.41 bits per heavy atom. The fourth-order valence-corrected chi connectivity index (χ4v) is 2.87. The summed E-state index contributed by atoms with van der Waals surface area (Å²) >= 11 is 0. The Morgan fingerprint density at radius 1 is 1.14 bits per heavy atom. The van der Waals surface area contributed by atoms with Gasteiger partial charge < -0.3 is 5.32 Å². The van der Waals surface area contributed by atoms with Gasteiger partial charge in [0.25, 0.3) is 5.91 Å². The van der Waals surface area contributed by atoms with Crippen molar-refractivity contribution in [1.82, 2.24) is 4.72 Å². The molecule has 2 rings (SSSR count). The molecule has 0 heterocycles. The molecular weight excluding hydrogens is 307 g/mol. The van der Waals surface area contributed by atoms with Gasteiger partial charge >= 0.3 is 0 Å². The van der Waals surface area contributed by atoms with Gasteiger partial charge in [0, 0.05) is 12.1 Å². The number of benzene rings is 2. The van der Waals surface area contributed by atoms with Crippen LogP contribution in [0, 0.1) is 5.82 Å². The lowest BCUT2D eigenvalue weighted by atomic mass is 10.2. The van der Waals surface area contributed by atoms with Crippen LogP contribution < -0.4 is 10.0 Å². The standard InChI is InChI=1S/C15H15FN2O3S/c1-2-17-22(20,21)12-8-9-14(13(16)10-12)18-15(19)11-6-4-3-5-7-11/h3-10,17H,2H2,1H3,(H,18,19). The number of carbonyl (C=O) groups is 1. The Hall–Kier alpha value is -2.25. The Labute approximate surface area is 128 Å². The van der Waals surface area contributed by atoms with Crippen LogP contribution in [-0.4, -0.2) is 20.9 Å². The highest BCUT2D eigenvalue weighted by molar-refractivity contribution is 7.89. The second-order valence-electron chi connectivity index (χ2n) is 4.46. The molecule has 116 valence electrons. The van der Waals surface area contributed by atoms with Crippen molar-refractivity contribution in [1.29, 1.82) is 0 Å². The van der Waals surface area contributed by atoms with E-state index in [1.165, 1.54) is 12.1 Å². The largest absolute Gasteiger partial charge is 0.319 e. The molecule has 0 unspecified atom stereocenters. The molecule has 2 N–H and O–H groups in total. The third-order valence-electron chi connectivity index (χ3n) is 2.87. The van der Waals surface area contributed by atoms with Gasteiger partial charge in [0.15, 0.2) is 0 Å². The van der Waals surface area contributed by atoms with Gasteiger partial charge in [-0.1, -0.05) is 25.1 Å². The number of carbonyl (C=O) groups excluding carboxylic acids is 1. The maximum atomic E-state index is 14.0. The smallest absolute Gasteiger partial charge is 0.255 e. The average Bonchev–Trinajstić information content (AvgIpc) is 2.50. The zero-order chi connectivity index (χ0) is 16.2. The predicted molar refractivity (Wildman–Crippen MR) is 81.7 cm³/mol. The molecule has 0 saturated carbocycles. The third kappa shape index (κ3) is 3.69. The summed E-state index contributed by atoms with van der Waals surface area (Å²) in [6.07, 6.45) is 0. The van der Waals surface area contributed by atoms with E-state index in [1.54, 1.807) is 37.3 Å². The molecule has 1 amide bonds. The Balaban J connectivity index is 2.22. The summed E-state index contributed by atoms with van der Waals surface area (Å²) in [7, 11) is -3.73. The summed E-state index contributed by atoms with van der Waals surface area (Å²) in [5.74, 6) is -1.29. The molecule has 0 fully saturated rings. The summed E-state index contributed by atoms with van der Waals surface area (Å²) in [6.45, 7) is 1.83. The van der Waals surface area contributed by atoms with Crippen molar-refractivity contribution >= 4 is 21.6 Å². The van der Waals surface area contributed by atoms with Gasteiger partial charge in [0.1, 0.15) is 5.82 Å². The molecule has 22 heavy (non-hydrogen) atoms. The molecule has 2 aromatic rings. The van der Waals surface area contributed by atoms with Crippen LogP contribution in [0.4, 0.5) is 10.1 Å². The molecular formula is C15H15FN2O3S. The minimum Gasteiger partial charge on any atom is -0.319 e. The first kappa shape index (κ1) is 16.1. The van der Waals surface area contributed by atoms with Crippen LogP contribution in [-0.2, 0) is 10.0 Å². The number of sulfonamides is 1. The predicted octanol–water partition coefficient (Wildman–Crippen LogP) is 2.38. The number of rotatable bonds is 5. The van der Waals surface area contributed by atoms with E-state index < -0.39 is 21.7 Å². The maximum absolute atomic E-state index is 14.0. The van der Waals surface area contributed by atoms with Crippen LogP contribution in [0.25, 0.3) is 0 Å². The van der Waals surface area contributed by atoms with Gasteiger partial charge in [-0.2, -0.15) is 0 Å². The molecule has 0 saturated heterocycles. The normalized spacial score (nSPS) is 11.2. The second kappa shape index (κ2) is 6.67. The Morgan fingerprint density at radius 2 is 1.82 bits per heavy atom. The van der Waals surface area contributed by atoms with E-state index in [9.17, 15) is 17.6 Å². The van der Waals surface area contributed by atoms with Crippen molar-refractivity contribution in [3.8, 4) is 0 Å². The molecule has 7 heteroatoms. The zero-order valence-corrected chi connectivity index (χ0v) is 12.7. The molecule has 0 spiro atoms. The number of halogens is 1. The van der Waals surface area contributed by atoms with Crippen LogP contribution in [0.1, 0.15) is 17.3 Å². The van der Waals surface area contributed by atoms with Crippen molar-refractivity contribution in [2.75, 3.05) is 11.9 Å². The Kier molecular flexibility index (Phi) is 4.89. The fraction of sp³-hybridized carbons (Fsp3) is 0.133. The van der Waals surface area contributed by atoms with E-state index in [4.69, 9.17) is 0 Å². The lowest BCUT2D eigenvalue weighted by Gasteiger charge is -2.09. The van der Waals surface area contributed by atoms with Gasteiger partial charge in [-0.3, -0.25) is 4.79 Å². The summed E-state index contributed by atoms with van der Waals surface area (Å²) < 4.78 is 39.8. The Bertz CT molecular complexity index is 777. The highest BCUT2D eigenvalue weighted by Gasteiger charge is 2.16. The third-order valence-corrected chi connectivity index (χ3v) is 4.41. The number of anilines is 1. The molecule has 0 aromatic heterocycles. The summed E-state index contributed by atoms with van der Waals surface area (Å²) in [5.41, 5.74) is 0.301. The first-order chi connectivity index (χ1) is 10.4. The minimum atomic E-state index is -3.73. The van der Waals surface area contributed by atoms with E-state index >= 15 is 0 Å². The lowest BCUT2D eigenvalue weighted by molar-refractivity contribution is 0.102. The van der Waals surface area contributed by atoms with Crippen molar-refractivity contribution in [3.63, 3.8) is 0 Å². The van der Waals surface area contributed by atoms with Gasteiger partial charge in [-0.05, 0) is 30.3 Å². The van der Waals surface area contributed by atoms with Gasteiger partial charge in [-0.25, -0.2) is 17.5 Å². The average molecular weight is 322 g/mol. The molecule has 0 aliphatic carbocycles. The van der Waals surface area contributed by atoms with Crippen molar-refractivity contribution in [2.24, 2.45) is 0 Å². The fourth-order valence-electron chi connectivity index (χ4n) is 1.82. The van der Waals surface area contributed by atoms with Crippen molar-refractivity contribution in [2.45, 2.75) is 11.8 Å². The van der Waals surface area contributed by atoms with Crippen molar-refractivity contribution in [3.05, 3.63) is 59.9 Å². The SMILES string of the molecule is CCNS(=O)(=O)c1ccc(NC(=O)c2ccccc2)c(F)c1. The van der Waals surface area contributed by atoms with Crippen molar-refractivity contribution < 1.29 is 17.6 Å². The molecule has 0 radical (unpaired) electrons. The first-order valence-electron chi connectivity index (χ1n) is 6.59. The second-order valence-corrected chi connectivity index (χ2v) is 6.23. The van der Waals surface area contributed by atoms with E-state index in [0.29, 0.717) is 5.56 Å². The quantitative estimate of drug-likeness (QED) is 0.887. The van der Waals surface area contributed by atoms with Crippen LogP contribution in [0.15, 0.2) is 53.4 Å². The molecule has 0 aliphatic rings. The summed E-state index contributed by atoms with van der Waals surface area (Å²) in [5, 5.41) is 2.41. The molecule has 0 aliphatic heterocycles. The molecule has 5 nitrogen and oxygen atoms in total. The molecule has 0 atom stereocenters. The first-order valence-corrected chi connectivity index (χ1v) is 8.08. The number of amides is 1. The topological polar surface area (TPSA) is 75.3 Å². The maximum Gasteiger partial charge on any atom is 0.255 e. The van der Waals surface area contributed by atoms with E-state index in [-0.39, 0.29) is 17.1 Å². The lowest BCUT2D eigenvalue weighted by Crippen LogP contribution is -2.23. The van der Waals surface area contributed by atoms with Gasteiger partial charge in [0.2, 0.25) is 10.0 Å². The molecule has 0 bridgehead atoms. The summed E-state index contributed by atoms with van der Waals surface area (Å²) in [6, 6.07) is 11.7. The van der Waals surface area contributed by atoms with Gasteiger partial charge in [0.05, 0.1) is 10.6 Å².